The van der Waals surface area contributed by atoms with Crippen LogP contribution in [-0.4, -0.2) is 72.5 Å². The molecule has 10 heteroatoms. The Hall–Kier alpha value is -4.09. The van der Waals surface area contributed by atoms with Crippen molar-refractivity contribution in [2.24, 2.45) is 0 Å². The number of aliphatic hydroxyl groups excluding tert-OH is 3. The van der Waals surface area contributed by atoms with Crippen molar-refractivity contribution in [3.63, 3.8) is 0 Å². The molecule has 5 N–H and O–H groups in total. The van der Waals surface area contributed by atoms with Crippen LogP contribution in [0.15, 0.2) is 60.7 Å². The molecule has 3 unspecified atom stereocenters. The normalized spacial score (nSPS) is 13.7. The Balaban J connectivity index is 1.69. The van der Waals surface area contributed by atoms with Crippen LogP contribution in [0.5, 0.6) is 17.2 Å². The van der Waals surface area contributed by atoms with Crippen molar-refractivity contribution in [1.82, 2.24) is 15.0 Å². The van der Waals surface area contributed by atoms with Crippen LogP contribution in [0.1, 0.15) is 71.1 Å². The predicted octanol–water partition coefficient (Wildman–Crippen LogP) is 5.94. The van der Waals surface area contributed by atoms with E-state index in [1.807, 2.05) is 24.3 Å². The third-order valence-electron chi connectivity index (χ3n) is 7.64. The molecule has 0 aliphatic heterocycles. The average molecular weight is 632 g/mol. The molecule has 0 amide bonds. The topological polar surface area (TPSA) is 158 Å². The third-order valence-corrected chi connectivity index (χ3v) is 7.64. The quantitative estimate of drug-likeness (QED) is 0.105. The number of phenols is 2. The average Bonchev–Trinajstić information content (AvgIpc) is 3.04. The fourth-order valence-corrected chi connectivity index (χ4v) is 4.73. The number of nitrogens with zero attached hydrogens (tertiary/aromatic N) is 3. The monoisotopic (exact) mass is 631 g/mol. The number of rotatable bonds is 14. The molecular weight excluding hydrogens is 586 g/mol. The zero-order valence-corrected chi connectivity index (χ0v) is 27.1. The fourth-order valence-electron chi connectivity index (χ4n) is 4.73. The van der Waals surface area contributed by atoms with Gasteiger partial charge in [-0.3, -0.25) is 0 Å². The second-order valence-electron chi connectivity index (χ2n) is 12.4. The van der Waals surface area contributed by atoms with E-state index in [1.165, 1.54) is 12.1 Å². The summed E-state index contributed by atoms with van der Waals surface area (Å²) in [5.74, 6) is 0.668. The molecular formula is C36H45N3O7. The van der Waals surface area contributed by atoms with Crippen molar-refractivity contribution in [3.05, 3.63) is 71.8 Å². The molecule has 0 fully saturated rings. The standard InChI is InChI=1S/C36H45N3O7/c1-6-8-17-45-20-25(40)21-46-26-14-16-28(31(43)19-26)35-38-33(22-9-12-24(13-10-22)36(3,4)5)37-34(39-35)27-15-11-23(18-30(27)42)32(44)29(41)7-2/h9-16,18-19,25,29,32,40-44H,6-8,17,20-21H2,1-5H3. The van der Waals surface area contributed by atoms with Crippen molar-refractivity contribution >= 4 is 0 Å². The van der Waals surface area contributed by atoms with E-state index >= 15 is 0 Å². The van der Waals surface area contributed by atoms with E-state index in [0.29, 0.717) is 41.3 Å². The lowest BCUT2D eigenvalue weighted by molar-refractivity contribution is 0.0113. The van der Waals surface area contributed by atoms with Gasteiger partial charge in [-0.05, 0) is 53.6 Å². The molecule has 0 aliphatic carbocycles. The maximum Gasteiger partial charge on any atom is 0.167 e. The summed E-state index contributed by atoms with van der Waals surface area (Å²) in [6.07, 6.45) is -0.685. The molecule has 10 nitrogen and oxygen atoms in total. The Labute approximate surface area is 270 Å². The highest BCUT2D eigenvalue weighted by Crippen LogP contribution is 2.36. The summed E-state index contributed by atoms with van der Waals surface area (Å²) in [5, 5.41) is 52.7. The number of benzene rings is 3. The number of unbranched alkanes of at least 4 members (excludes halogenated alkanes) is 1. The van der Waals surface area contributed by atoms with Crippen molar-refractivity contribution in [1.29, 1.82) is 0 Å². The molecule has 3 atom stereocenters. The fraction of sp³-hybridized carbons (Fsp3) is 0.417. The van der Waals surface area contributed by atoms with Crippen molar-refractivity contribution in [2.75, 3.05) is 19.8 Å². The summed E-state index contributed by atoms with van der Waals surface area (Å²) in [5.41, 5.74) is 2.75. The van der Waals surface area contributed by atoms with Crippen LogP contribution in [-0.2, 0) is 10.2 Å². The van der Waals surface area contributed by atoms with Gasteiger partial charge in [-0.25, -0.2) is 15.0 Å². The molecule has 1 aromatic heterocycles. The second kappa shape index (κ2) is 15.5. The van der Waals surface area contributed by atoms with Crippen LogP contribution in [0, 0.1) is 0 Å². The zero-order chi connectivity index (χ0) is 33.4. The van der Waals surface area contributed by atoms with Gasteiger partial charge in [0.1, 0.15) is 36.1 Å². The van der Waals surface area contributed by atoms with E-state index in [9.17, 15) is 25.5 Å². The molecule has 1 heterocycles. The number of phenolic OH excluding ortho intramolecular Hbond substituents is 2. The lowest BCUT2D eigenvalue weighted by Crippen LogP contribution is -2.23. The van der Waals surface area contributed by atoms with Gasteiger partial charge in [0.25, 0.3) is 0 Å². The van der Waals surface area contributed by atoms with Gasteiger partial charge in [-0.2, -0.15) is 0 Å². The van der Waals surface area contributed by atoms with Gasteiger partial charge in [0.15, 0.2) is 17.5 Å². The van der Waals surface area contributed by atoms with Crippen molar-refractivity contribution in [2.45, 2.75) is 77.6 Å². The summed E-state index contributed by atoms with van der Waals surface area (Å²) in [6.45, 7) is 10.9. The van der Waals surface area contributed by atoms with Crippen molar-refractivity contribution < 1.29 is 35.0 Å². The second-order valence-corrected chi connectivity index (χ2v) is 12.4. The largest absolute Gasteiger partial charge is 0.507 e. The maximum atomic E-state index is 11.0. The van der Waals surface area contributed by atoms with Crippen LogP contribution in [0.25, 0.3) is 34.2 Å². The highest BCUT2D eigenvalue weighted by atomic mass is 16.5. The Morgan fingerprint density at radius 1 is 0.739 bits per heavy atom. The molecule has 46 heavy (non-hydrogen) atoms. The van der Waals surface area contributed by atoms with Gasteiger partial charge < -0.3 is 35.0 Å². The van der Waals surface area contributed by atoms with E-state index in [1.54, 1.807) is 31.2 Å². The Morgan fingerprint density at radius 3 is 1.91 bits per heavy atom. The molecule has 0 saturated heterocycles. The minimum absolute atomic E-state index is 0.00518. The first-order valence-electron chi connectivity index (χ1n) is 15.7. The molecule has 0 saturated carbocycles. The number of hydrogen-bond acceptors (Lipinski definition) is 10. The van der Waals surface area contributed by atoms with Crippen LogP contribution in [0.2, 0.25) is 0 Å². The van der Waals surface area contributed by atoms with Crippen LogP contribution in [0.4, 0.5) is 0 Å². The first-order chi connectivity index (χ1) is 21.9. The number of ether oxygens (including phenoxy) is 2. The predicted molar refractivity (Wildman–Crippen MR) is 177 cm³/mol. The van der Waals surface area contributed by atoms with Gasteiger partial charge in [-0.1, -0.05) is 71.4 Å². The Bertz CT molecular complexity index is 1590. The molecule has 3 aromatic carbocycles. The van der Waals surface area contributed by atoms with E-state index in [4.69, 9.17) is 9.47 Å². The number of aliphatic hydroxyl groups is 3. The molecule has 246 valence electrons. The van der Waals surface area contributed by atoms with Gasteiger partial charge in [-0.15, -0.1) is 0 Å². The van der Waals surface area contributed by atoms with Gasteiger partial charge in [0, 0.05) is 18.2 Å². The van der Waals surface area contributed by atoms with Gasteiger partial charge in [0.05, 0.1) is 23.8 Å². The molecule has 0 radical (unpaired) electrons. The summed E-state index contributed by atoms with van der Waals surface area (Å²) in [4.78, 5) is 14.0. The summed E-state index contributed by atoms with van der Waals surface area (Å²) in [7, 11) is 0. The Morgan fingerprint density at radius 2 is 1.35 bits per heavy atom. The van der Waals surface area contributed by atoms with Crippen LogP contribution < -0.4 is 4.74 Å². The van der Waals surface area contributed by atoms with E-state index in [2.05, 4.69) is 42.6 Å². The summed E-state index contributed by atoms with van der Waals surface area (Å²) in [6, 6.07) is 17.1. The smallest absolute Gasteiger partial charge is 0.167 e. The number of hydrogen-bond donors (Lipinski definition) is 5. The van der Waals surface area contributed by atoms with Crippen LogP contribution >= 0.6 is 0 Å². The third kappa shape index (κ3) is 8.79. The van der Waals surface area contributed by atoms with E-state index in [0.717, 1.165) is 18.4 Å². The minimum atomic E-state index is -1.16. The summed E-state index contributed by atoms with van der Waals surface area (Å²) < 4.78 is 11.1. The van der Waals surface area contributed by atoms with E-state index in [-0.39, 0.29) is 47.3 Å². The lowest BCUT2D eigenvalue weighted by atomic mass is 9.87. The highest BCUT2D eigenvalue weighted by Gasteiger charge is 2.21. The van der Waals surface area contributed by atoms with Crippen molar-refractivity contribution in [3.8, 4) is 51.4 Å². The maximum absolute atomic E-state index is 11.0. The van der Waals surface area contributed by atoms with E-state index < -0.39 is 18.3 Å². The molecule has 0 bridgehead atoms. The zero-order valence-electron chi connectivity index (χ0n) is 27.1. The van der Waals surface area contributed by atoms with Crippen LogP contribution in [0.3, 0.4) is 0 Å². The first kappa shape index (κ1) is 34.8. The molecule has 4 aromatic rings. The molecule has 0 spiro atoms. The first-order valence-corrected chi connectivity index (χ1v) is 15.7. The molecule has 4 rings (SSSR count). The number of aromatic hydroxyl groups is 2. The Kier molecular flexibility index (Phi) is 11.7. The number of aromatic nitrogens is 3. The van der Waals surface area contributed by atoms with Gasteiger partial charge in [0.2, 0.25) is 0 Å². The minimum Gasteiger partial charge on any atom is -0.507 e. The molecule has 0 aliphatic rings. The lowest BCUT2D eigenvalue weighted by Gasteiger charge is -2.19. The SMILES string of the molecule is CCCCOCC(O)COc1ccc(-c2nc(-c3ccc(C(C)(C)C)cc3)nc(-c3ccc(C(O)C(O)CC)cc3O)n2)c(O)c1. The van der Waals surface area contributed by atoms with Gasteiger partial charge >= 0.3 is 0 Å². The highest BCUT2D eigenvalue weighted by molar-refractivity contribution is 5.72. The summed E-state index contributed by atoms with van der Waals surface area (Å²) >= 11 is 0.